The van der Waals surface area contributed by atoms with Gasteiger partial charge in [-0.3, -0.25) is 0 Å². The zero-order valence-corrected chi connectivity index (χ0v) is 22.3. The van der Waals surface area contributed by atoms with Crippen molar-refractivity contribution in [1.29, 1.82) is 0 Å². The van der Waals surface area contributed by atoms with Crippen molar-refractivity contribution in [1.82, 2.24) is 0 Å². The Kier molecular flexibility index (Phi) is 20.4. The van der Waals surface area contributed by atoms with Gasteiger partial charge in [-0.1, -0.05) is 110 Å². The second kappa shape index (κ2) is 19.1. The molecule has 0 bridgehead atoms. The van der Waals surface area contributed by atoms with Crippen molar-refractivity contribution in [2.75, 3.05) is 14.2 Å². The minimum absolute atomic E-state index is 0.0355. The predicted octanol–water partition coefficient (Wildman–Crippen LogP) is 8.66. The Morgan fingerprint density at radius 2 is 1.53 bits per heavy atom. The molecule has 2 heteroatoms. The molecule has 0 aliphatic heterocycles. The van der Waals surface area contributed by atoms with Gasteiger partial charge in [0.05, 0.1) is 7.11 Å². The number of nitrogens with two attached hydrogens (primary N) is 1. The van der Waals surface area contributed by atoms with E-state index in [1.165, 1.54) is 23.8 Å². The predicted molar refractivity (Wildman–Crippen MR) is 149 cm³/mol. The molecule has 0 aromatic heterocycles. The lowest BCUT2D eigenvalue weighted by Gasteiger charge is -2.31. The van der Waals surface area contributed by atoms with Gasteiger partial charge in [-0.25, -0.2) is 0 Å². The van der Waals surface area contributed by atoms with Crippen LogP contribution in [0.3, 0.4) is 0 Å². The Hall–Kier alpha value is -2.58. The Balaban J connectivity index is -0.000000587. The summed E-state index contributed by atoms with van der Waals surface area (Å²) in [5.41, 5.74) is 8.79. The van der Waals surface area contributed by atoms with E-state index in [0.29, 0.717) is 0 Å². The molecule has 2 N–H and O–H groups in total. The minimum atomic E-state index is 0.0355. The third kappa shape index (κ3) is 10.2. The van der Waals surface area contributed by atoms with E-state index in [9.17, 15) is 0 Å². The van der Waals surface area contributed by atoms with Crippen molar-refractivity contribution >= 4 is 0 Å². The van der Waals surface area contributed by atoms with E-state index in [2.05, 4.69) is 91.0 Å². The third-order valence-corrected chi connectivity index (χ3v) is 5.03. The molecule has 0 radical (unpaired) electrons. The maximum atomic E-state index is 4.81. The first-order chi connectivity index (χ1) is 15.2. The van der Waals surface area contributed by atoms with Crippen molar-refractivity contribution in [2.45, 2.75) is 54.9 Å². The number of hydrogen-bond donors (Lipinski definition) is 1. The van der Waals surface area contributed by atoms with Crippen LogP contribution in [0.5, 0.6) is 0 Å². The minimum Gasteiger partial charge on any atom is -0.497 e. The average molecular weight is 440 g/mol. The van der Waals surface area contributed by atoms with Gasteiger partial charge in [0.25, 0.3) is 0 Å². The highest BCUT2D eigenvalue weighted by Gasteiger charge is 2.45. The standard InChI is InChI=1S/C20H28.C7H10O.C2H6.CH5N/c1-8-12-14-16(10-3)20(7)15-19(5,6)17(11-4)18(20)13-9-2;1-4-6-7(5-2)8-3;2*1-2/h8-14H,1,4,15H2,2-3,5-7H3;4-6H,1-2H2,3H3;1-2H3;2H2,1H3/b13-9-,14-12-,16-10+;7-6+;;. The molecule has 1 atom stereocenters. The molecule has 1 aliphatic rings. The summed E-state index contributed by atoms with van der Waals surface area (Å²) < 4.78 is 4.81. The monoisotopic (exact) mass is 439 g/mol. The summed E-state index contributed by atoms with van der Waals surface area (Å²) in [6, 6.07) is 0. The summed E-state index contributed by atoms with van der Waals surface area (Å²) >= 11 is 0. The zero-order valence-electron chi connectivity index (χ0n) is 22.3. The highest BCUT2D eigenvalue weighted by Crippen LogP contribution is 2.57. The van der Waals surface area contributed by atoms with Gasteiger partial charge in [-0.2, -0.15) is 0 Å². The van der Waals surface area contributed by atoms with Gasteiger partial charge in [0, 0.05) is 5.41 Å². The maximum Gasteiger partial charge on any atom is 0.118 e. The molecule has 0 saturated carbocycles. The van der Waals surface area contributed by atoms with Gasteiger partial charge in [-0.05, 0) is 61.6 Å². The third-order valence-electron chi connectivity index (χ3n) is 5.03. The van der Waals surface area contributed by atoms with Crippen LogP contribution in [0.25, 0.3) is 0 Å². The van der Waals surface area contributed by atoms with Crippen LogP contribution in [-0.4, -0.2) is 14.2 Å². The van der Waals surface area contributed by atoms with E-state index >= 15 is 0 Å². The van der Waals surface area contributed by atoms with Gasteiger partial charge in [0.1, 0.15) is 5.76 Å². The van der Waals surface area contributed by atoms with Gasteiger partial charge >= 0.3 is 0 Å². The fourth-order valence-electron chi connectivity index (χ4n) is 3.93. The lowest BCUT2D eigenvalue weighted by Crippen LogP contribution is -2.20. The van der Waals surface area contributed by atoms with E-state index in [0.717, 1.165) is 12.2 Å². The summed E-state index contributed by atoms with van der Waals surface area (Å²) in [5.74, 6) is 0.736. The second-order valence-corrected chi connectivity index (χ2v) is 7.48. The molecule has 0 spiro atoms. The molecule has 2 nitrogen and oxygen atoms in total. The Labute approximate surface area is 200 Å². The summed E-state index contributed by atoms with van der Waals surface area (Å²) in [6.45, 7) is 30.0. The summed E-state index contributed by atoms with van der Waals surface area (Å²) in [5, 5.41) is 0. The quantitative estimate of drug-likeness (QED) is 0.303. The van der Waals surface area contributed by atoms with E-state index in [-0.39, 0.29) is 10.8 Å². The van der Waals surface area contributed by atoms with Crippen molar-refractivity contribution < 1.29 is 4.74 Å². The molecular formula is C30H49NO. The number of methoxy groups -OCH3 is 1. The van der Waals surface area contributed by atoms with E-state index in [4.69, 9.17) is 4.74 Å². The van der Waals surface area contributed by atoms with Gasteiger partial charge in [-0.15, -0.1) is 0 Å². The molecule has 0 heterocycles. The first kappa shape index (κ1) is 34.0. The average Bonchev–Trinajstić information content (AvgIpc) is 3.00. The highest BCUT2D eigenvalue weighted by atomic mass is 16.5. The van der Waals surface area contributed by atoms with E-state index in [1.807, 2.05) is 32.1 Å². The van der Waals surface area contributed by atoms with Crippen molar-refractivity contribution in [3.63, 3.8) is 0 Å². The molecule has 1 rings (SSSR count). The number of rotatable bonds is 8. The molecular weight excluding hydrogens is 390 g/mol. The van der Waals surface area contributed by atoms with Gasteiger partial charge in [0.15, 0.2) is 0 Å². The lowest BCUT2D eigenvalue weighted by molar-refractivity contribution is 0.307. The molecule has 0 saturated heterocycles. The molecule has 0 aromatic rings. The number of allylic oxidation sites excluding steroid dienone is 13. The summed E-state index contributed by atoms with van der Waals surface area (Å²) in [4.78, 5) is 0. The van der Waals surface area contributed by atoms with Crippen LogP contribution in [0.4, 0.5) is 0 Å². The highest BCUT2D eigenvalue weighted by molar-refractivity contribution is 5.52. The van der Waals surface area contributed by atoms with Crippen LogP contribution in [0, 0.1) is 10.8 Å². The fraction of sp³-hybridized carbons (Fsp3) is 0.400. The van der Waals surface area contributed by atoms with Crippen molar-refractivity contribution in [3.05, 3.63) is 110 Å². The largest absolute Gasteiger partial charge is 0.497 e. The summed E-state index contributed by atoms with van der Waals surface area (Å²) in [6.07, 6.45) is 20.8. The van der Waals surface area contributed by atoms with Crippen LogP contribution in [0.15, 0.2) is 110 Å². The molecule has 0 fully saturated rings. The van der Waals surface area contributed by atoms with Crippen LogP contribution in [0.2, 0.25) is 0 Å². The first-order valence-electron chi connectivity index (χ1n) is 11.2. The van der Waals surface area contributed by atoms with Crippen LogP contribution < -0.4 is 5.73 Å². The first-order valence-corrected chi connectivity index (χ1v) is 11.2. The molecule has 0 amide bonds. The van der Waals surface area contributed by atoms with E-state index in [1.54, 1.807) is 25.3 Å². The van der Waals surface area contributed by atoms with Crippen molar-refractivity contribution in [3.8, 4) is 0 Å². The van der Waals surface area contributed by atoms with Crippen LogP contribution in [0.1, 0.15) is 54.9 Å². The molecule has 1 unspecified atom stereocenters. The van der Waals surface area contributed by atoms with Gasteiger partial charge < -0.3 is 10.5 Å². The molecule has 32 heavy (non-hydrogen) atoms. The smallest absolute Gasteiger partial charge is 0.118 e. The zero-order chi connectivity index (χ0) is 25.8. The number of ether oxygens (including phenoxy) is 1. The number of hydrogen-bond acceptors (Lipinski definition) is 2. The molecule has 180 valence electrons. The SMILES string of the molecule is C=C/C=C(\C=C)OC.C=C/C=C\C(=C/C)C1(C)CC(C)(C)C(C=C)=C1/C=C\C.CC.CN. The lowest BCUT2D eigenvalue weighted by atomic mass is 9.72. The molecule has 1 aliphatic carbocycles. The van der Waals surface area contributed by atoms with E-state index < -0.39 is 0 Å². The van der Waals surface area contributed by atoms with Crippen LogP contribution >= 0.6 is 0 Å². The Morgan fingerprint density at radius 3 is 1.84 bits per heavy atom. The fourth-order valence-corrected chi connectivity index (χ4v) is 3.93. The molecule has 0 aromatic carbocycles. The normalized spacial score (nSPS) is 19.7. The van der Waals surface area contributed by atoms with Gasteiger partial charge in [0.2, 0.25) is 0 Å². The maximum absolute atomic E-state index is 4.81. The second-order valence-electron chi connectivity index (χ2n) is 7.48. The Bertz CT molecular complexity index is 726. The van der Waals surface area contributed by atoms with Crippen LogP contribution in [-0.2, 0) is 4.74 Å². The van der Waals surface area contributed by atoms with Crippen molar-refractivity contribution in [2.24, 2.45) is 16.6 Å². The summed E-state index contributed by atoms with van der Waals surface area (Å²) in [7, 11) is 3.09. The Morgan fingerprint density at radius 1 is 0.969 bits per heavy atom. The topological polar surface area (TPSA) is 35.2 Å².